The fraction of sp³-hybridized carbons (Fsp3) is 0.933. The zero-order valence-electron chi connectivity index (χ0n) is 13.0. The van der Waals surface area contributed by atoms with Gasteiger partial charge in [-0.15, -0.1) is 24.2 Å². The summed E-state index contributed by atoms with van der Waals surface area (Å²) < 4.78 is 0.182. The summed E-state index contributed by atoms with van der Waals surface area (Å²) >= 11 is 1.76. The molecule has 0 aliphatic carbocycles. The minimum Gasteiger partial charge on any atom is -0.342 e. The van der Waals surface area contributed by atoms with Gasteiger partial charge in [0.15, 0.2) is 0 Å². The van der Waals surface area contributed by atoms with Crippen molar-refractivity contribution in [1.82, 2.24) is 10.2 Å². The molecule has 0 aromatic rings. The molecule has 3 nitrogen and oxygen atoms in total. The number of carbonyl (C=O) groups excluding carboxylic acids is 1. The Balaban J connectivity index is 0.00000200. The average molecular weight is 321 g/mol. The predicted molar refractivity (Wildman–Crippen MR) is 89.8 cm³/mol. The molecule has 1 amide bonds. The molecule has 2 rings (SSSR count). The van der Waals surface area contributed by atoms with Crippen LogP contribution in [-0.4, -0.2) is 47.0 Å². The fourth-order valence-corrected chi connectivity index (χ4v) is 3.77. The van der Waals surface area contributed by atoms with Gasteiger partial charge in [0.25, 0.3) is 0 Å². The third-order valence-corrected chi connectivity index (χ3v) is 5.45. The maximum Gasteiger partial charge on any atom is 0.232 e. The van der Waals surface area contributed by atoms with Crippen LogP contribution in [0.25, 0.3) is 0 Å². The van der Waals surface area contributed by atoms with Gasteiger partial charge >= 0.3 is 0 Å². The molecule has 0 saturated carbocycles. The summed E-state index contributed by atoms with van der Waals surface area (Å²) in [6.07, 6.45) is 5.03. The molecule has 2 aliphatic rings. The van der Waals surface area contributed by atoms with Gasteiger partial charge in [-0.3, -0.25) is 4.79 Å². The number of hydrogen-bond acceptors (Lipinski definition) is 3. The summed E-state index contributed by atoms with van der Waals surface area (Å²) in [5.74, 6) is 1.76. The van der Waals surface area contributed by atoms with E-state index in [1.165, 1.54) is 32.2 Å². The van der Waals surface area contributed by atoms with Crippen LogP contribution >= 0.6 is 24.2 Å². The second-order valence-electron chi connectivity index (χ2n) is 6.82. The minimum atomic E-state index is 0. The molecular weight excluding hydrogens is 292 g/mol. The number of hydrogen-bond donors (Lipinski definition) is 1. The molecule has 2 aliphatic heterocycles. The third-order valence-electron chi connectivity index (χ3n) is 4.19. The highest BCUT2D eigenvalue weighted by atomic mass is 35.5. The zero-order chi connectivity index (χ0) is 13.9. The first-order valence-corrected chi connectivity index (χ1v) is 8.59. The van der Waals surface area contributed by atoms with Gasteiger partial charge in [0.1, 0.15) is 0 Å². The summed E-state index contributed by atoms with van der Waals surface area (Å²) in [6, 6.07) is 0.723. The van der Waals surface area contributed by atoms with Crippen LogP contribution in [0.5, 0.6) is 0 Å². The highest BCUT2D eigenvalue weighted by Gasteiger charge is 2.30. The third kappa shape index (κ3) is 5.45. The van der Waals surface area contributed by atoms with Gasteiger partial charge in [-0.2, -0.15) is 0 Å². The topological polar surface area (TPSA) is 32.3 Å². The van der Waals surface area contributed by atoms with Crippen molar-refractivity contribution in [2.24, 2.45) is 5.92 Å². The van der Waals surface area contributed by atoms with E-state index in [4.69, 9.17) is 0 Å². The molecular formula is C15H29ClN2OS. The number of thioether (sulfide) groups is 1. The first kappa shape index (κ1) is 18.1. The predicted octanol–water partition coefficient (Wildman–Crippen LogP) is 2.93. The lowest BCUT2D eigenvalue weighted by Gasteiger charge is -2.35. The van der Waals surface area contributed by atoms with Gasteiger partial charge in [0, 0.05) is 23.9 Å². The van der Waals surface area contributed by atoms with Crippen molar-refractivity contribution in [3.63, 3.8) is 0 Å². The van der Waals surface area contributed by atoms with Crippen molar-refractivity contribution in [3.8, 4) is 0 Å². The summed E-state index contributed by atoms with van der Waals surface area (Å²) in [5.41, 5.74) is 0. The molecule has 0 radical (unpaired) electrons. The van der Waals surface area contributed by atoms with Crippen molar-refractivity contribution in [1.29, 1.82) is 0 Å². The van der Waals surface area contributed by atoms with Crippen molar-refractivity contribution in [2.75, 3.05) is 25.4 Å². The zero-order valence-corrected chi connectivity index (χ0v) is 14.6. The Bertz CT molecular complexity index is 305. The normalized spacial score (nSPS) is 24.6. The molecule has 0 aromatic carbocycles. The maximum absolute atomic E-state index is 12.2. The lowest BCUT2D eigenvalue weighted by atomic mass is 9.88. The smallest absolute Gasteiger partial charge is 0.232 e. The Morgan fingerprint density at radius 1 is 1.25 bits per heavy atom. The van der Waals surface area contributed by atoms with E-state index in [1.54, 1.807) is 11.8 Å². The van der Waals surface area contributed by atoms with Crippen molar-refractivity contribution < 1.29 is 4.79 Å². The molecule has 0 bridgehead atoms. The van der Waals surface area contributed by atoms with Crippen LogP contribution in [0.3, 0.4) is 0 Å². The standard InChI is InChI=1S/C15H28N2OS.ClH/c1-15(2,3)19-11-14(18)17-9-6-12(7-10-17)13-5-4-8-16-13;/h12-13,16H,4-11H2,1-3H3;1H. The summed E-state index contributed by atoms with van der Waals surface area (Å²) in [4.78, 5) is 14.2. The number of piperidine rings is 1. The summed E-state index contributed by atoms with van der Waals surface area (Å²) in [5, 5.41) is 3.61. The summed E-state index contributed by atoms with van der Waals surface area (Å²) in [6.45, 7) is 9.62. The van der Waals surface area contributed by atoms with Gasteiger partial charge in [-0.05, 0) is 38.1 Å². The van der Waals surface area contributed by atoms with E-state index in [0.717, 1.165) is 25.0 Å². The van der Waals surface area contributed by atoms with Crippen molar-refractivity contribution >= 4 is 30.1 Å². The van der Waals surface area contributed by atoms with Gasteiger partial charge in [-0.25, -0.2) is 0 Å². The Kier molecular flexibility index (Phi) is 7.16. The quantitative estimate of drug-likeness (QED) is 0.867. The van der Waals surface area contributed by atoms with Crippen LogP contribution in [0.4, 0.5) is 0 Å². The number of halogens is 1. The lowest BCUT2D eigenvalue weighted by Crippen LogP contribution is -2.44. The van der Waals surface area contributed by atoms with Gasteiger partial charge in [0.2, 0.25) is 5.91 Å². The Labute approximate surface area is 134 Å². The molecule has 0 aromatic heterocycles. The monoisotopic (exact) mass is 320 g/mol. The first-order chi connectivity index (χ1) is 8.96. The first-order valence-electron chi connectivity index (χ1n) is 7.61. The number of carbonyl (C=O) groups is 1. The molecule has 2 heterocycles. The van der Waals surface area contributed by atoms with Crippen LogP contribution in [-0.2, 0) is 4.79 Å². The maximum atomic E-state index is 12.2. The number of nitrogens with zero attached hydrogens (tertiary/aromatic N) is 1. The van der Waals surface area contributed by atoms with Crippen LogP contribution in [0.2, 0.25) is 0 Å². The van der Waals surface area contributed by atoms with Gasteiger partial charge < -0.3 is 10.2 Å². The molecule has 1 unspecified atom stereocenters. The SMILES string of the molecule is CC(C)(C)SCC(=O)N1CCC(C2CCCN2)CC1.Cl. The van der Waals surface area contributed by atoms with Crippen molar-refractivity contribution in [3.05, 3.63) is 0 Å². The van der Waals surface area contributed by atoms with E-state index >= 15 is 0 Å². The van der Waals surface area contributed by atoms with Gasteiger partial charge in [-0.1, -0.05) is 20.8 Å². The number of likely N-dealkylation sites (tertiary alicyclic amines) is 1. The summed E-state index contributed by atoms with van der Waals surface area (Å²) in [7, 11) is 0. The highest BCUT2D eigenvalue weighted by Crippen LogP contribution is 2.27. The van der Waals surface area contributed by atoms with Gasteiger partial charge in [0.05, 0.1) is 5.75 Å². The van der Waals surface area contributed by atoms with E-state index < -0.39 is 0 Å². The molecule has 0 spiro atoms. The van der Waals surface area contributed by atoms with E-state index in [2.05, 4.69) is 31.0 Å². The second kappa shape index (κ2) is 7.90. The largest absolute Gasteiger partial charge is 0.342 e. The number of nitrogens with one attached hydrogen (secondary N) is 1. The Morgan fingerprint density at radius 2 is 1.90 bits per heavy atom. The molecule has 2 fully saturated rings. The fourth-order valence-electron chi connectivity index (χ4n) is 3.03. The van der Waals surface area contributed by atoms with E-state index in [-0.39, 0.29) is 17.2 Å². The minimum absolute atomic E-state index is 0. The van der Waals surface area contributed by atoms with Crippen LogP contribution in [0.1, 0.15) is 46.5 Å². The number of amides is 1. The van der Waals surface area contributed by atoms with Crippen molar-refractivity contribution in [2.45, 2.75) is 57.2 Å². The lowest BCUT2D eigenvalue weighted by molar-refractivity contribution is -0.129. The molecule has 5 heteroatoms. The van der Waals surface area contributed by atoms with E-state index in [0.29, 0.717) is 11.7 Å². The molecule has 20 heavy (non-hydrogen) atoms. The Hall–Kier alpha value is 0.0700. The molecule has 1 atom stereocenters. The average Bonchev–Trinajstić information content (AvgIpc) is 2.89. The number of rotatable bonds is 3. The molecule has 1 N–H and O–H groups in total. The van der Waals surface area contributed by atoms with Crippen LogP contribution < -0.4 is 5.32 Å². The highest BCUT2D eigenvalue weighted by molar-refractivity contribution is 8.01. The van der Waals surface area contributed by atoms with E-state index in [9.17, 15) is 4.79 Å². The van der Waals surface area contributed by atoms with E-state index in [1.807, 2.05) is 0 Å². The van der Waals surface area contributed by atoms with Crippen LogP contribution in [0.15, 0.2) is 0 Å². The van der Waals surface area contributed by atoms with Crippen LogP contribution in [0, 0.1) is 5.92 Å². The molecule has 2 saturated heterocycles. The second-order valence-corrected chi connectivity index (χ2v) is 8.62. The molecule has 118 valence electrons. The Morgan fingerprint density at radius 3 is 2.40 bits per heavy atom.